The van der Waals surface area contributed by atoms with Gasteiger partial charge in [0.1, 0.15) is 22.2 Å². The van der Waals surface area contributed by atoms with Crippen LogP contribution in [-0.2, 0) is 16.4 Å². The fraction of sp³-hybridized carbons (Fsp3) is 0.571. The lowest BCUT2D eigenvalue weighted by atomic mass is 10.5. The van der Waals surface area contributed by atoms with Crippen LogP contribution in [0.3, 0.4) is 0 Å². The second-order valence-corrected chi connectivity index (χ2v) is 5.46. The number of nitrogens with zero attached hydrogens (tertiary/aromatic N) is 3. The molecule has 1 aromatic heterocycles. The van der Waals surface area contributed by atoms with Gasteiger partial charge in [0.05, 0.1) is 10.7 Å². The van der Waals surface area contributed by atoms with Gasteiger partial charge >= 0.3 is 5.69 Å². The van der Waals surface area contributed by atoms with E-state index in [2.05, 4.69) is 5.10 Å². The summed E-state index contributed by atoms with van der Waals surface area (Å²) in [6.45, 7) is 0.362. The standard InChI is InChI=1S/C7H11N3O4S/c1-15(13,14)4-2-3-9-6-7(5-8-9)10(11)12/h5-6H,2-4H2,1H3. The maximum absolute atomic E-state index is 10.8. The molecule has 0 aliphatic heterocycles. The van der Waals surface area contributed by atoms with E-state index in [0.717, 1.165) is 12.5 Å². The first-order chi connectivity index (χ1) is 6.88. The van der Waals surface area contributed by atoms with Gasteiger partial charge in [-0.1, -0.05) is 0 Å². The van der Waals surface area contributed by atoms with Gasteiger partial charge in [0.15, 0.2) is 0 Å². The number of sulfone groups is 1. The van der Waals surface area contributed by atoms with Crippen molar-refractivity contribution < 1.29 is 13.3 Å². The van der Waals surface area contributed by atoms with Gasteiger partial charge in [-0.25, -0.2) is 8.42 Å². The van der Waals surface area contributed by atoms with Crippen LogP contribution in [-0.4, -0.2) is 35.1 Å². The van der Waals surface area contributed by atoms with Crippen LogP contribution in [0, 0.1) is 10.1 Å². The van der Waals surface area contributed by atoms with Crippen LogP contribution in [0.5, 0.6) is 0 Å². The predicted molar refractivity (Wildman–Crippen MR) is 53.2 cm³/mol. The van der Waals surface area contributed by atoms with Crippen LogP contribution in [0.15, 0.2) is 12.4 Å². The van der Waals surface area contributed by atoms with Crippen molar-refractivity contribution in [1.82, 2.24) is 9.78 Å². The van der Waals surface area contributed by atoms with Crippen molar-refractivity contribution in [1.29, 1.82) is 0 Å². The van der Waals surface area contributed by atoms with E-state index in [0.29, 0.717) is 13.0 Å². The van der Waals surface area contributed by atoms with Crippen molar-refractivity contribution in [3.63, 3.8) is 0 Å². The first-order valence-corrected chi connectivity index (χ1v) is 6.29. The zero-order valence-corrected chi connectivity index (χ0v) is 8.98. The minimum absolute atomic E-state index is 0.0562. The van der Waals surface area contributed by atoms with Crippen LogP contribution in [0.2, 0.25) is 0 Å². The third kappa shape index (κ3) is 4.07. The van der Waals surface area contributed by atoms with Crippen LogP contribution in [0.4, 0.5) is 5.69 Å². The topological polar surface area (TPSA) is 95.1 Å². The highest BCUT2D eigenvalue weighted by Gasteiger charge is 2.09. The van der Waals surface area contributed by atoms with Crippen molar-refractivity contribution in [3.8, 4) is 0 Å². The van der Waals surface area contributed by atoms with Crippen molar-refractivity contribution in [2.75, 3.05) is 12.0 Å². The van der Waals surface area contributed by atoms with E-state index in [1.165, 1.54) is 10.9 Å². The molecule has 7 nitrogen and oxygen atoms in total. The molecule has 0 aromatic carbocycles. The van der Waals surface area contributed by atoms with Gasteiger partial charge in [-0.3, -0.25) is 14.8 Å². The van der Waals surface area contributed by atoms with Gasteiger partial charge in [0.25, 0.3) is 0 Å². The van der Waals surface area contributed by atoms with Gasteiger partial charge in [0.2, 0.25) is 0 Å². The van der Waals surface area contributed by atoms with Gasteiger partial charge in [-0.05, 0) is 6.42 Å². The molecule has 1 aromatic rings. The molecule has 0 N–H and O–H groups in total. The molecule has 84 valence electrons. The first kappa shape index (κ1) is 11.6. The second kappa shape index (κ2) is 4.39. The summed E-state index contributed by atoms with van der Waals surface area (Å²) >= 11 is 0. The van der Waals surface area contributed by atoms with Crippen LogP contribution < -0.4 is 0 Å². The zero-order valence-electron chi connectivity index (χ0n) is 8.16. The molecular formula is C7H11N3O4S. The Hall–Kier alpha value is -1.44. The number of rotatable bonds is 5. The Morgan fingerprint density at radius 3 is 2.73 bits per heavy atom. The molecule has 0 saturated carbocycles. The van der Waals surface area contributed by atoms with Crippen LogP contribution in [0.1, 0.15) is 6.42 Å². The summed E-state index contributed by atoms with van der Waals surface area (Å²) in [5.74, 6) is 0.0562. The highest BCUT2D eigenvalue weighted by molar-refractivity contribution is 7.90. The number of nitro groups is 1. The molecule has 0 unspecified atom stereocenters. The monoisotopic (exact) mass is 233 g/mol. The van der Waals surface area contributed by atoms with E-state index >= 15 is 0 Å². The smallest absolute Gasteiger partial charge is 0.266 e. The predicted octanol–water partition coefficient (Wildman–Crippen LogP) is 0.226. The van der Waals surface area contributed by atoms with Gasteiger partial charge in [0, 0.05) is 12.8 Å². The van der Waals surface area contributed by atoms with E-state index < -0.39 is 14.8 Å². The summed E-state index contributed by atoms with van der Waals surface area (Å²) < 4.78 is 23.0. The Labute approximate surface area is 86.8 Å². The highest BCUT2D eigenvalue weighted by Crippen LogP contribution is 2.08. The molecule has 0 atom stereocenters. The Kier molecular flexibility index (Phi) is 3.40. The van der Waals surface area contributed by atoms with Crippen molar-refractivity contribution in [2.24, 2.45) is 0 Å². The summed E-state index contributed by atoms with van der Waals surface area (Å²) in [6, 6.07) is 0. The Morgan fingerprint density at radius 2 is 2.27 bits per heavy atom. The number of aryl methyl sites for hydroxylation is 1. The zero-order chi connectivity index (χ0) is 11.5. The number of hydrogen-bond acceptors (Lipinski definition) is 5. The molecule has 1 rings (SSSR count). The molecule has 15 heavy (non-hydrogen) atoms. The highest BCUT2D eigenvalue weighted by atomic mass is 32.2. The van der Waals surface area contributed by atoms with Gasteiger partial charge < -0.3 is 0 Å². The van der Waals surface area contributed by atoms with Crippen molar-refractivity contribution in [2.45, 2.75) is 13.0 Å². The number of hydrogen-bond donors (Lipinski definition) is 0. The van der Waals surface area contributed by atoms with Gasteiger partial charge in [-0.15, -0.1) is 0 Å². The maximum atomic E-state index is 10.8. The van der Waals surface area contributed by atoms with E-state index in [9.17, 15) is 18.5 Å². The summed E-state index contributed by atoms with van der Waals surface area (Å²) in [6.07, 6.45) is 3.97. The molecule has 1 heterocycles. The lowest BCUT2D eigenvalue weighted by Gasteiger charge is -1.98. The molecule has 8 heteroatoms. The normalized spacial score (nSPS) is 11.5. The van der Waals surface area contributed by atoms with E-state index in [4.69, 9.17) is 0 Å². The molecule has 0 saturated heterocycles. The lowest BCUT2D eigenvalue weighted by Crippen LogP contribution is -2.07. The minimum atomic E-state index is -2.98. The largest absolute Gasteiger partial charge is 0.306 e. The van der Waals surface area contributed by atoms with Crippen molar-refractivity contribution in [3.05, 3.63) is 22.5 Å². The summed E-state index contributed by atoms with van der Waals surface area (Å²) in [5.41, 5.74) is -0.0886. The summed E-state index contributed by atoms with van der Waals surface area (Å²) in [5, 5.41) is 14.0. The van der Waals surface area contributed by atoms with Gasteiger partial charge in [-0.2, -0.15) is 5.10 Å². The third-order valence-electron chi connectivity index (χ3n) is 1.73. The quantitative estimate of drug-likeness (QED) is 0.535. The second-order valence-electron chi connectivity index (χ2n) is 3.20. The molecule has 0 spiro atoms. The fourth-order valence-electron chi connectivity index (χ4n) is 1.06. The third-order valence-corrected chi connectivity index (χ3v) is 2.76. The Balaban J connectivity index is 2.48. The molecule has 0 aliphatic rings. The molecule has 0 bridgehead atoms. The van der Waals surface area contributed by atoms with E-state index in [1.807, 2.05) is 0 Å². The average Bonchev–Trinajstić information content (AvgIpc) is 2.50. The fourth-order valence-corrected chi connectivity index (χ4v) is 1.71. The first-order valence-electron chi connectivity index (χ1n) is 4.23. The Morgan fingerprint density at radius 1 is 1.60 bits per heavy atom. The molecule has 0 aliphatic carbocycles. The molecule has 0 amide bonds. The van der Waals surface area contributed by atoms with Crippen LogP contribution in [0.25, 0.3) is 0 Å². The summed E-state index contributed by atoms with van der Waals surface area (Å²) in [7, 11) is -2.98. The maximum Gasteiger partial charge on any atom is 0.306 e. The van der Waals surface area contributed by atoms with Crippen LogP contribution >= 0.6 is 0 Å². The Bertz CT molecular complexity index is 451. The van der Waals surface area contributed by atoms with Crippen molar-refractivity contribution >= 4 is 15.5 Å². The minimum Gasteiger partial charge on any atom is -0.266 e. The lowest BCUT2D eigenvalue weighted by molar-refractivity contribution is -0.385. The summed E-state index contributed by atoms with van der Waals surface area (Å²) in [4.78, 5) is 9.76. The van der Waals surface area contributed by atoms with E-state index in [-0.39, 0.29) is 11.4 Å². The van der Waals surface area contributed by atoms with E-state index in [1.54, 1.807) is 0 Å². The number of aromatic nitrogens is 2. The molecule has 0 radical (unpaired) electrons. The SMILES string of the molecule is CS(=O)(=O)CCCn1cc([N+](=O)[O-])cn1. The molecular weight excluding hydrogens is 222 g/mol. The molecule has 0 fully saturated rings. The average molecular weight is 233 g/mol.